The third-order valence-corrected chi connectivity index (χ3v) is 7.05. The number of benzene rings is 3. The van der Waals surface area contributed by atoms with E-state index in [-0.39, 0.29) is 30.5 Å². The Kier molecular flexibility index (Phi) is 6.91. The average Bonchev–Trinajstić information content (AvgIpc) is 2.91. The molecule has 0 bridgehead atoms. The molecule has 0 spiro atoms. The topological polar surface area (TPSA) is 64.6 Å². The van der Waals surface area contributed by atoms with Gasteiger partial charge in [0.2, 0.25) is 0 Å². The number of nitrogens with one attached hydrogen (secondary N) is 1. The molecule has 2 aliphatic rings. The molecule has 2 unspecified atom stereocenters. The van der Waals surface area contributed by atoms with Gasteiger partial charge in [-0.05, 0) is 48.6 Å². The second-order valence-corrected chi connectivity index (χ2v) is 9.37. The summed E-state index contributed by atoms with van der Waals surface area (Å²) >= 11 is 0. The molecule has 1 N–H and O–H groups in total. The molecular weight excluding hydrogens is 469 g/mol. The van der Waals surface area contributed by atoms with Crippen molar-refractivity contribution >= 4 is 11.8 Å². The molecule has 5 rings (SSSR count). The van der Waals surface area contributed by atoms with Crippen LogP contribution in [0.2, 0.25) is 0 Å². The molecular formula is C31H28FNO4. The smallest absolute Gasteiger partial charge is 0.337 e. The molecule has 1 aliphatic heterocycles. The summed E-state index contributed by atoms with van der Waals surface area (Å²) in [7, 11) is 1.58. The maximum Gasteiger partial charge on any atom is 0.337 e. The number of allylic oxidation sites excluding steroid dienone is 3. The van der Waals surface area contributed by atoms with Crippen molar-refractivity contribution in [2.24, 2.45) is 0 Å². The minimum Gasteiger partial charge on any atom is -0.496 e. The molecule has 5 nitrogen and oxygen atoms in total. The lowest BCUT2D eigenvalue weighted by atomic mass is 9.71. The third-order valence-electron chi connectivity index (χ3n) is 7.05. The SMILES string of the molecule is COc1ccccc1C1C(C(=O)OCc2ccccc2)=C(C)NC2=C1C(=O)CC(c1ccc(F)cc1)C2. The van der Waals surface area contributed by atoms with Crippen LogP contribution in [0.5, 0.6) is 5.75 Å². The van der Waals surface area contributed by atoms with Gasteiger partial charge in [-0.3, -0.25) is 4.79 Å². The van der Waals surface area contributed by atoms with E-state index in [4.69, 9.17) is 9.47 Å². The van der Waals surface area contributed by atoms with Gasteiger partial charge in [0.25, 0.3) is 0 Å². The largest absolute Gasteiger partial charge is 0.496 e. The second kappa shape index (κ2) is 10.4. The Hall–Kier alpha value is -4.19. The Bertz CT molecular complexity index is 1390. The lowest BCUT2D eigenvalue weighted by Gasteiger charge is -2.37. The van der Waals surface area contributed by atoms with Crippen LogP contribution >= 0.6 is 0 Å². The van der Waals surface area contributed by atoms with E-state index < -0.39 is 11.9 Å². The van der Waals surface area contributed by atoms with Crippen molar-refractivity contribution in [1.82, 2.24) is 5.32 Å². The van der Waals surface area contributed by atoms with Crippen LogP contribution in [0.3, 0.4) is 0 Å². The van der Waals surface area contributed by atoms with E-state index >= 15 is 0 Å². The van der Waals surface area contributed by atoms with E-state index in [0.29, 0.717) is 29.0 Å². The van der Waals surface area contributed by atoms with Crippen LogP contribution in [0, 0.1) is 5.82 Å². The summed E-state index contributed by atoms with van der Waals surface area (Å²) in [4.78, 5) is 27.3. The summed E-state index contributed by atoms with van der Waals surface area (Å²) in [6, 6.07) is 23.2. The number of rotatable bonds is 6. The number of esters is 1. The van der Waals surface area contributed by atoms with Crippen molar-refractivity contribution in [2.45, 2.75) is 38.2 Å². The zero-order valence-corrected chi connectivity index (χ0v) is 20.8. The van der Waals surface area contributed by atoms with Crippen LogP contribution in [0.25, 0.3) is 0 Å². The molecule has 0 saturated carbocycles. The number of methoxy groups -OCH3 is 1. The third kappa shape index (κ3) is 4.92. The number of halogens is 1. The number of hydrogen-bond donors (Lipinski definition) is 1. The van der Waals surface area contributed by atoms with Crippen LogP contribution in [-0.2, 0) is 20.9 Å². The van der Waals surface area contributed by atoms with Crippen LogP contribution in [-0.4, -0.2) is 18.9 Å². The Balaban J connectivity index is 1.54. The van der Waals surface area contributed by atoms with E-state index in [0.717, 1.165) is 22.4 Å². The highest BCUT2D eigenvalue weighted by atomic mass is 19.1. The van der Waals surface area contributed by atoms with Crippen LogP contribution in [0.15, 0.2) is 101 Å². The number of carbonyl (C=O) groups is 2. The molecule has 0 amide bonds. The summed E-state index contributed by atoms with van der Waals surface area (Å²) in [5.74, 6) is -0.967. The summed E-state index contributed by atoms with van der Waals surface area (Å²) in [6.45, 7) is 1.96. The van der Waals surface area contributed by atoms with Crippen molar-refractivity contribution in [3.63, 3.8) is 0 Å². The molecule has 0 fully saturated rings. The van der Waals surface area contributed by atoms with Gasteiger partial charge in [-0.1, -0.05) is 60.7 Å². The molecule has 1 heterocycles. The predicted molar refractivity (Wildman–Crippen MR) is 138 cm³/mol. The van der Waals surface area contributed by atoms with Crippen LogP contribution in [0.4, 0.5) is 4.39 Å². The normalized spacial score (nSPS) is 19.3. The lowest BCUT2D eigenvalue weighted by Crippen LogP contribution is -2.36. The molecule has 3 aromatic rings. The zero-order chi connectivity index (χ0) is 25.9. The fraction of sp³-hybridized carbons (Fsp3) is 0.226. The zero-order valence-electron chi connectivity index (χ0n) is 20.8. The number of hydrogen-bond acceptors (Lipinski definition) is 5. The van der Waals surface area contributed by atoms with Gasteiger partial charge in [0.15, 0.2) is 5.78 Å². The van der Waals surface area contributed by atoms with Crippen molar-refractivity contribution in [1.29, 1.82) is 0 Å². The maximum atomic E-state index is 13.7. The monoisotopic (exact) mass is 497 g/mol. The van der Waals surface area contributed by atoms with Gasteiger partial charge in [0, 0.05) is 29.0 Å². The van der Waals surface area contributed by atoms with Crippen LogP contribution in [0.1, 0.15) is 48.3 Å². The quantitative estimate of drug-likeness (QED) is 0.427. The summed E-state index contributed by atoms with van der Waals surface area (Å²) in [6.07, 6.45) is 0.839. The second-order valence-electron chi connectivity index (χ2n) is 9.37. The van der Waals surface area contributed by atoms with Crippen LogP contribution < -0.4 is 10.1 Å². The van der Waals surface area contributed by atoms with E-state index in [2.05, 4.69) is 5.32 Å². The maximum absolute atomic E-state index is 13.7. The van der Waals surface area contributed by atoms with Crippen molar-refractivity contribution in [3.8, 4) is 5.75 Å². The first-order valence-corrected chi connectivity index (χ1v) is 12.3. The Morgan fingerprint density at radius 2 is 1.68 bits per heavy atom. The van der Waals surface area contributed by atoms with Crippen molar-refractivity contribution in [2.75, 3.05) is 7.11 Å². The minimum atomic E-state index is -0.627. The molecule has 0 radical (unpaired) electrons. The Morgan fingerprint density at radius 1 is 0.973 bits per heavy atom. The molecule has 6 heteroatoms. The molecule has 188 valence electrons. The number of carbonyl (C=O) groups excluding carboxylic acids is 2. The highest BCUT2D eigenvalue weighted by molar-refractivity contribution is 6.04. The predicted octanol–water partition coefficient (Wildman–Crippen LogP) is 5.94. The first-order chi connectivity index (χ1) is 18.0. The van der Waals surface area contributed by atoms with E-state index in [1.807, 2.05) is 61.5 Å². The number of dihydropyridines is 1. The van der Waals surface area contributed by atoms with Gasteiger partial charge in [0.1, 0.15) is 18.2 Å². The fourth-order valence-corrected chi connectivity index (χ4v) is 5.30. The number of Topliss-reactive ketones (excluding diaryl/α,β-unsaturated/α-hetero) is 1. The molecule has 2 atom stereocenters. The molecule has 0 aromatic heterocycles. The summed E-state index contributed by atoms with van der Waals surface area (Å²) in [5.41, 5.74) is 4.89. The number of ether oxygens (including phenoxy) is 2. The first-order valence-electron chi connectivity index (χ1n) is 12.3. The Morgan fingerprint density at radius 3 is 2.41 bits per heavy atom. The van der Waals surface area contributed by atoms with Gasteiger partial charge >= 0.3 is 5.97 Å². The van der Waals surface area contributed by atoms with E-state index in [1.54, 1.807) is 19.2 Å². The van der Waals surface area contributed by atoms with Gasteiger partial charge in [0.05, 0.1) is 18.6 Å². The van der Waals surface area contributed by atoms with Gasteiger partial charge in [-0.2, -0.15) is 0 Å². The highest BCUT2D eigenvalue weighted by Gasteiger charge is 2.42. The Labute approximate surface area is 215 Å². The number of para-hydroxylation sites is 1. The highest BCUT2D eigenvalue weighted by Crippen LogP contribution is 2.47. The van der Waals surface area contributed by atoms with Crippen molar-refractivity contribution < 1.29 is 23.5 Å². The standard InChI is InChI=1S/C31H28FNO4/c1-19-28(31(35)37-18-20-8-4-3-5-9-20)29(24-10-6-7-11-27(24)36-2)30-25(33-19)16-22(17-26(30)34)21-12-14-23(32)15-13-21/h3-15,22,29,33H,16-18H2,1-2H3. The fourth-order valence-electron chi connectivity index (χ4n) is 5.30. The average molecular weight is 498 g/mol. The first kappa shape index (κ1) is 24.5. The van der Waals surface area contributed by atoms with Gasteiger partial charge < -0.3 is 14.8 Å². The number of ketones is 1. The van der Waals surface area contributed by atoms with E-state index in [9.17, 15) is 14.0 Å². The van der Waals surface area contributed by atoms with Crippen molar-refractivity contribution in [3.05, 3.63) is 124 Å². The van der Waals surface area contributed by atoms with E-state index in [1.165, 1.54) is 12.1 Å². The molecule has 0 saturated heterocycles. The summed E-state index contributed by atoms with van der Waals surface area (Å²) in [5, 5.41) is 3.35. The molecule has 1 aliphatic carbocycles. The summed E-state index contributed by atoms with van der Waals surface area (Å²) < 4.78 is 24.9. The molecule has 37 heavy (non-hydrogen) atoms. The van der Waals surface area contributed by atoms with Gasteiger partial charge in [-0.25, -0.2) is 9.18 Å². The van der Waals surface area contributed by atoms with Gasteiger partial charge in [-0.15, -0.1) is 0 Å². The minimum absolute atomic E-state index is 0.0557. The lowest BCUT2D eigenvalue weighted by molar-refractivity contribution is -0.140. The molecule has 3 aromatic carbocycles.